The van der Waals surface area contributed by atoms with Gasteiger partial charge in [-0.3, -0.25) is 19.4 Å². The maximum atomic E-state index is 13.3. The van der Waals surface area contributed by atoms with Crippen LogP contribution in [0.4, 0.5) is 11.4 Å². The Morgan fingerprint density at radius 3 is 2.29 bits per heavy atom. The number of anilines is 2. The molecule has 0 N–H and O–H groups in total. The van der Waals surface area contributed by atoms with E-state index >= 15 is 0 Å². The van der Waals surface area contributed by atoms with Gasteiger partial charge in [-0.2, -0.15) is 5.10 Å². The normalized spacial score (nSPS) is 21.2. The van der Waals surface area contributed by atoms with Crippen LogP contribution in [-0.4, -0.2) is 29.4 Å². The molecule has 0 radical (unpaired) electrons. The molecule has 2 aromatic rings. The van der Waals surface area contributed by atoms with Gasteiger partial charge >= 0.3 is 0 Å². The molecule has 1 saturated heterocycles. The molecule has 0 aliphatic carbocycles. The van der Waals surface area contributed by atoms with Crippen molar-refractivity contribution in [1.82, 2.24) is 0 Å². The summed E-state index contributed by atoms with van der Waals surface area (Å²) in [4.78, 5) is 39.7. The molecule has 2 amide bonds. The van der Waals surface area contributed by atoms with Gasteiger partial charge in [0, 0.05) is 11.9 Å². The van der Waals surface area contributed by atoms with Gasteiger partial charge in [0.25, 0.3) is 5.91 Å². The van der Waals surface area contributed by atoms with Gasteiger partial charge in [-0.05, 0) is 36.8 Å². The van der Waals surface area contributed by atoms with Crippen molar-refractivity contribution in [3.05, 3.63) is 58.1 Å². The quantitative estimate of drug-likeness (QED) is 0.717. The van der Waals surface area contributed by atoms with Crippen molar-refractivity contribution in [2.24, 2.45) is 11.0 Å². The highest BCUT2D eigenvalue weighted by Crippen LogP contribution is 2.41. The molecule has 28 heavy (non-hydrogen) atoms. The van der Waals surface area contributed by atoms with Gasteiger partial charge in [-0.15, -0.1) is 0 Å². The van der Waals surface area contributed by atoms with Crippen LogP contribution in [0.25, 0.3) is 0 Å². The highest BCUT2D eigenvalue weighted by atomic mass is 35.5. The van der Waals surface area contributed by atoms with E-state index in [0.717, 1.165) is 4.90 Å². The van der Waals surface area contributed by atoms with Crippen LogP contribution < -0.4 is 9.91 Å². The smallest absolute Gasteiger partial charge is 0.259 e. The standard InChI is InChI=1S/C20H15Cl2N3O3/c1-10-12(21)7-5-9-14(10)25-18-16(17(23-25)11(2)26)19(27)24(20(18)28)15-8-4-3-6-13(15)22/h3-9,16,18H,1-2H3/t16-,18+/m1/s1. The largest absolute Gasteiger partial charge is 0.293 e. The number of rotatable bonds is 3. The summed E-state index contributed by atoms with van der Waals surface area (Å²) in [7, 11) is 0. The third-order valence-corrected chi connectivity index (χ3v) is 5.72. The molecule has 2 heterocycles. The predicted molar refractivity (Wildman–Crippen MR) is 108 cm³/mol. The Morgan fingerprint density at radius 2 is 1.61 bits per heavy atom. The molecule has 0 spiro atoms. The van der Waals surface area contributed by atoms with E-state index in [0.29, 0.717) is 22.0 Å². The van der Waals surface area contributed by atoms with Crippen molar-refractivity contribution in [3.63, 3.8) is 0 Å². The van der Waals surface area contributed by atoms with Crippen LogP contribution in [0.5, 0.6) is 0 Å². The minimum atomic E-state index is -0.986. The van der Waals surface area contributed by atoms with Gasteiger partial charge < -0.3 is 0 Å². The van der Waals surface area contributed by atoms with Gasteiger partial charge in [0.05, 0.1) is 16.4 Å². The number of amides is 2. The first kappa shape index (κ1) is 18.7. The van der Waals surface area contributed by atoms with Crippen molar-refractivity contribution < 1.29 is 14.4 Å². The number of nitrogens with zero attached hydrogens (tertiary/aromatic N) is 3. The number of hydrazone groups is 1. The molecule has 2 aliphatic rings. The van der Waals surface area contributed by atoms with Crippen LogP contribution in [0.2, 0.25) is 10.0 Å². The average Bonchev–Trinajstić information content (AvgIpc) is 3.16. The van der Waals surface area contributed by atoms with E-state index in [1.807, 2.05) is 0 Å². The summed E-state index contributed by atoms with van der Waals surface area (Å²) in [6, 6.07) is 10.8. The second kappa shape index (κ2) is 6.72. The molecule has 6 nitrogen and oxygen atoms in total. The van der Waals surface area contributed by atoms with Crippen LogP contribution in [0.3, 0.4) is 0 Å². The topological polar surface area (TPSA) is 70.1 Å². The second-order valence-electron chi connectivity index (χ2n) is 6.66. The first-order chi connectivity index (χ1) is 13.3. The Kier molecular flexibility index (Phi) is 4.48. The number of halogens is 2. The number of fused-ring (bicyclic) bond motifs is 1. The highest BCUT2D eigenvalue weighted by Gasteiger charge is 2.58. The molecule has 0 unspecified atom stereocenters. The lowest BCUT2D eigenvalue weighted by atomic mass is 9.95. The highest BCUT2D eigenvalue weighted by molar-refractivity contribution is 6.49. The van der Waals surface area contributed by atoms with Crippen LogP contribution in [0, 0.1) is 12.8 Å². The SMILES string of the molecule is CC(=O)C1=NN(c2cccc(Cl)c2C)[C@@H]2C(=O)N(c3ccccc3Cl)C(=O)[C@H]12. The Hall–Kier alpha value is -2.70. The van der Waals surface area contributed by atoms with Gasteiger partial charge in [0.1, 0.15) is 17.7 Å². The number of para-hydroxylation sites is 1. The van der Waals surface area contributed by atoms with Crippen LogP contribution in [0.1, 0.15) is 12.5 Å². The Bertz CT molecular complexity index is 1070. The number of imide groups is 1. The third kappa shape index (κ3) is 2.64. The number of carbonyl (C=O) groups excluding carboxylic acids is 3. The lowest BCUT2D eigenvalue weighted by Crippen LogP contribution is -2.39. The molecule has 2 aromatic carbocycles. The number of benzene rings is 2. The second-order valence-corrected chi connectivity index (χ2v) is 7.47. The Labute approximate surface area is 171 Å². The fraction of sp³-hybridized carbons (Fsp3) is 0.200. The molecule has 8 heteroatoms. The summed E-state index contributed by atoms with van der Waals surface area (Å²) in [5, 5.41) is 6.54. The van der Waals surface area contributed by atoms with E-state index in [4.69, 9.17) is 23.2 Å². The Balaban J connectivity index is 1.86. The zero-order valence-electron chi connectivity index (χ0n) is 15.0. The number of hydrogen-bond acceptors (Lipinski definition) is 5. The van der Waals surface area contributed by atoms with Crippen molar-refractivity contribution in [1.29, 1.82) is 0 Å². The lowest BCUT2D eigenvalue weighted by Gasteiger charge is -2.24. The van der Waals surface area contributed by atoms with Crippen LogP contribution in [-0.2, 0) is 14.4 Å². The zero-order valence-corrected chi connectivity index (χ0v) is 16.5. The third-order valence-electron chi connectivity index (χ3n) is 4.99. The fourth-order valence-corrected chi connectivity index (χ4v) is 4.01. The first-order valence-corrected chi connectivity index (χ1v) is 9.34. The predicted octanol–water partition coefficient (Wildman–Crippen LogP) is 3.63. The lowest BCUT2D eigenvalue weighted by molar-refractivity contribution is -0.122. The van der Waals surface area contributed by atoms with Gasteiger partial charge in [-0.25, -0.2) is 4.90 Å². The maximum absolute atomic E-state index is 13.3. The Morgan fingerprint density at radius 1 is 0.964 bits per heavy atom. The molecule has 2 atom stereocenters. The molecule has 0 bridgehead atoms. The summed E-state index contributed by atoms with van der Waals surface area (Å²) in [5.74, 6) is -2.35. The number of carbonyl (C=O) groups is 3. The first-order valence-electron chi connectivity index (χ1n) is 8.59. The number of hydrogen-bond donors (Lipinski definition) is 0. The maximum Gasteiger partial charge on any atom is 0.259 e. The molecule has 142 valence electrons. The van der Waals surface area contributed by atoms with Crippen molar-refractivity contribution in [3.8, 4) is 0 Å². The van der Waals surface area contributed by atoms with Gasteiger partial charge in [-0.1, -0.05) is 41.4 Å². The summed E-state index contributed by atoms with van der Waals surface area (Å²) in [5.41, 5.74) is 1.62. The van der Waals surface area contributed by atoms with Gasteiger partial charge in [0.2, 0.25) is 5.91 Å². The summed E-state index contributed by atoms with van der Waals surface area (Å²) < 4.78 is 0. The minimum Gasteiger partial charge on any atom is -0.293 e. The number of ketones is 1. The number of Topliss-reactive ketones (excluding diaryl/α,β-unsaturated/α-hetero) is 1. The van der Waals surface area contributed by atoms with Crippen molar-refractivity contribution >= 4 is 57.9 Å². The van der Waals surface area contributed by atoms with E-state index in [1.165, 1.54) is 11.9 Å². The van der Waals surface area contributed by atoms with E-state index in [1.54, 1.807) is 49.4 Å². The summed E-state index contributed by atoms with van der Waals surface area (Å²) in [6.07, 6.45) is 0. The summed E-state index contributed by atoms with van der Waals surface area (Å²) >= 11 is 12.4. The summed E-state index contributed by atoms with van der Waals surface area (Å²) in [6.45, 7) is 3.13. The fourth-order valence-electron chi connectivity index (χ4n) is 3.62. The molecule has 0 aromatic heterocycles. The molecular formula is C20H15Cl2N3O3. The van der Waals surface area contributed by atoms with E-state index in [-0.39, 0.29) is 16.5 Å². The monoisotopic (exact) mass is 415 g/mol. The van der Waals surface area contributed by atoms with Crippen molar-refractivity contribution in [2.75, 3.05) is 9.91 Å². The van der Waals surface area contributed by atoms with E-state index < -0.39 is 23.8 Å². The average molecular weight is 416 g/mol. The van der Waals surface area contributed by atoms with E-state index in [9.17, 15) is 14.4 Å². The van der Waals surface area contributed by atoms with Crippen molar-refractivity contribution in [2.45, 2.75) is 19.9 Å². The molecular weight excluding hydrogens is 401 g/mol. The zero-order chi connectivity index (χ0) is 20.2. The van der Waals surface area contributed by atoms with Crippen LogP contribution in [0.15, 0.2) is 47.6 Å². The van der Waals surface area contributed by atoms with E-state index in [2.05, 4.69) is 5.10 Å². The van der Waals surface area contributed by atoms with Crippen LogP contribution >= 0.6 is 23.2 Å². The molecule has 0 saturated carbocycles. The molecule has 1 fully saturated rings. The van der Waals surface area contributed by atoms with Gasteiger partial charge in [0.15, 0.2) is 5.78 Å². The minimum absolute atomic E-state index is 0.0530. The molecule has 4 rings (SSSR count). The molecule has 2 aliphatic heterocycles.